The van der Waals surface area contributed by atoms with E-state index in [2.05, 4.69) is 56.3 Å². The van der Waals surface area contributed by atoms with Crippen molar-refractivity contribution in [3.63, 3.8) is 0 Å². The molecule has 3 heterocycles. The molecular weight excluding hydrogens is 410 g/mol. The van der Waals surface area contributed by atoms with Crippen molar-refractivity contribution in [1.29, 1.82) is 0 Å². The number of ether oxygens (including phenoxy) is 1. The van der Waals surface area contributed by atoms with Crippen molar-refractivity contribution in [1.82, 2.24) is 20.1 Å². The van der Waals surface area contributed by atoms with Crippen molar-refractivity contribution >= 4 is 28.2 Å². The van der Waals surface area contributed by atoms with Crippen molar-refractivity contribution in [2.45, 2.75) is 0 Å². The number of aromatic nitrogens is 3. The number of aromatic amines is 1. The summed E-state index contributed by atoms with van der Waals surface area (Å²) in [5.41, 5.74) is 5.63. The van der Waals surface area contributed by atoms with Crippen LogP contribution in [0.3, 0.4) is 0 Å². The van der Waals surface area contributed by atoms with Crippen molar-refractivity contribution in [3.8, 4) is 28.3 Å². The summed E-state index contributed by atoms with van der Waals surface area (Å²) in [6.45, 7) is 4.28. The predicted octanol–water partition coefficient (Wildman–Crippen LogP) is 4.71. The van der Waals surface area contributed by atoms with Crippen LogP contribution in [0.25, 0.3) is 33.4 Å². The monoisotopic (exact) mass is 433 g/mol. The van der Waals surface area contributed by atoms with Crippen molar-refractivity contribution in [3.05, 3.63) is 59.8 Å². The largest absolute Gasteiger partial charge is 0.496 e. The molecule has 0 bridgehead atoms. The van der Waals surface area contributed by atoms with E-state index >= 15 is 0 Å². The van der Waals surface area contributed by atoms with Gasteiger partial charge in [-0.3, -0.25) is 10.1 Å². The van der Waals surface area contributed by atoms with Gasteiger partial charge in [-0.1, -0.05) is 29.8 Å². The summed E-state index contributed by atoms with van der Waals surface area (Å²) in [7, 11) is 3.81. The second-order valence-corrected chi connectivity index (χ2v) is 8.25. The Hall–Kier alpha value is -3.09. The number of H-pyrrole nitrogens is 1. The van der Waals surface area contributed by atoms with Gasteiger partial charge in [0.1, 0.15) is 11.4 Å². The number of halogens is 1. The Morgan fingerprint density at radius 2 is 1.81 bits per heavy atom. The highest BCUT2D eigenvalue weighted by Gasteiger charge is 2.17. The standard InChI is InChI=1S/C24H24ClN5O/c1-29-10-12-30(13-11-29)17-8-6-16(7-9-17)24-18-14-20(26-15-21(18)27-28-24)23-19(25)4-3-5-22(23)31-2/h3-9,14-15H,10-13H2,1-2H3,(H,27,28). The minimum atomic E-state index is 0.604. The molecule has 2 aromatic heterocycles. The highest BCUT2D eigenvalue weighted by molar-refractivity contribution is 6.33. The van der Waals surface area contributed by atoms with Crippen molar-refractivity contribution < 1.29 is 4.74 Å². The van der Waals surface area contributed by atoms with Crippen LogP contribution < -0.4 is 9.64 Å². The number of piperazine rings is 1. The van der Waals surface area contributed by atoms with E-state index in [-0.39, 0.29) is 0 Å². The van der Waals surface area contributed by atoms with Crippen LogP contribution in [-0.2, 0) is 0 Å². The average Bonchev–Trinajstić information content (AvgIpc) is 3.23. The Labute approximate surface area is 186 Å². The van der Waals surface area contributed by atoms with Crippen LogP contribution in [0.4, 0.5) is 5.69 Å². The van der Waals surface area contributed by atoms with E-state index in [9.17, 15) is 0 Å². The fourth-order valence-electron chi connectivity index (χ4n) is 4.09. The molecule has 1 fully saturated rings. The third-order valence-electron chi connectivity index (χ3n) is 5.91. The first-order chi connectivity index (χ1) is 15.1. The predicted molar refractivity (Wildman–Crippen MR) is 126 cm³/mol. The van der Waals surface area contributed by atoms with Gasteiger partial charge in [0.25, 0.3) is 0 Å². The maximum absolute atomic E-state index is 6.47. The highest BCUT2D eigenvalue weighted by atomic mass is 35.5. The summed E-state index contributed by atoms with van der Waals surface area (Å²) in [5, 5.41) is 9.27. The molecule has 0 spiro atoms. The molecule has 7 heteroatoms. The first kappa shape index (κ1) is 19.8. The van der Waals surface area contributed by atoms with Gasteiger partial charge in [0.15, 0.2) is 0 Å². The molecule has 1 N–H and O–H groups in total. The second kappa shape index (κ2) is 8.21. The Kier molecular flexibility index (Phi) is 5.26. The molecule has 31 heavy (non-hydrogen) atoms. The van der Waals surface area contributed by atoms with Crippen LogP contribution in [0.5, 0.6) is 5.75 Å². The number of likely N-dealkylation sites (N-methyl/N-ethyl adjacent to an activating group) is 1. The van der Waals surface area contributed by atoms with E-state index in [0.29, 0.717) is 10.8 Å². The Morgan fingerprint density at radius 3 is 2.55 bits per heavy atom. The van der Waals surface area contributed by atoms with Gasteiger partial charge in [0, 0.05) is 42.8 Å². The lowest BCUT2D eigenvalue weighted by molar-refractivity contribution is 0.313. The summed E-state index contributed by atoms with van der Waals surface area (Å²) < 4.78 is 5.51. The third kappa shape index (κ3) is 3.73. The topological polar surface area (TPSA) is 57.3 Å². The maximum Gasteiger partial charge on any atom is 0.129 e. The van der Waals surface area contributed by atoms with Gasteiger partial charge in [0.2, 0.25) is 0 Å². The molecular formula is C24H24ClN5O. The number of nitrogens with one attached hydrogen (secondary N) is 1. The molecule has 0 saturated carbocycles. The number of hydrogen-bond donors (Lipinski definition) is 1. The molecule has 5 rings (SSSR count). The molecule has 2 aromatic carbocycles. The zero-order chi connectivity index (χ0) is 21.4. The molecule has 0 amide bonds. The SMILES string of the molecule is COc1cccc(Cl)c1-c1cc2c(-c3ccc(N4CCN(C)CC4)cc3)n[nH]c2cn1. The summed E-state index contributed by atoms with van der Waals surface area (Å²) >= 11 is 6.47. The number of methoxy groups -OCH3 is 1. The van der Waals surface area contributed by atoms with Crippen molar-refractivity contribution in [2.75, 3.05) is 45.2 Å². The lowest BCUT2D eigenvalue weighted by Crippen LogP contribution is -2.44. The Morgan fingerprint density at radius 1 is 1.03 bits per heavy atom. The quantitative estimate of drug-likeness (QED) is 0.505. The molecule has 0 unspecified atom stereocenters. The van der Waals surface area contributed by atoms with Gasteiger partial charge >= 0.3 is 0 Å². The van der Waals surface area contributed by atoms with Crippen LogP contribution in [0.2, 0.25) is 5.02 Å². The number of benzene rings is 2. The van der Waals surface area contributed by atoms with E-state index in [1.54, 1.807) is 13.3 Å². The van der Waals surface area contributed by atoms with Crippen LogP contribution in [0.15, 0.2) is 54.7 Å². The van der Waals surface area contributed by atoms with Gasteiger partial charge in [-0.25, -0.2) is 0 Å². The minimum Gasteiger partial charge on any atom is -0.496 e. The lowest BCUT2D eigenvalue weighted by atomic mass is 10.0. The van der Waals surface area contributed by atoms with E-state index in [1.807, 2.05) is 24.3 Å². The molecule has 1 aliphatic heterocycles. The van der Waals surface area contributed by atoms with Crippen LogP contribution in [0.1, 0.15) is 0 Å². The Bertz CT molecular complexity index is 1210. The Balaban J connectivity index is 1.51. The normalized spacial score (nSPS) is 14.9. The average molecular weight is 434 g/mol. The minimum absolute atomic E-state index is 0.604. The van der Waals surface area contributed by atoms with E-state index < -0.39 is 0 Å². The number of hydrogen-bond acceptors (Lipinski definition) is 5. The first-order valence-electron chi connectivity index (χ1n) is 10.3. The fraction of sp³-hybridized carbons (Fsp3) is 0.250. The van der Waals surface area contributed by atoms with Gasteiger partial charge < -0.3 is 14.5 Å². The number of nitrogens with zero attached hydrogens (tertiary/aromatic N) is 4. The lowest BCUT2D eigenvalue weighted by Gasteiger charge is -2.34. The second-order valence-electron chi connectivity index (χ2n) is 7.84. The molecule has 6 nitrogen and oxygen atoms in total. The van der Waals surface area contributed by atoms with Gasteiger partial charge in [-0.05, 0) is 37.4 Å². The molecule has 4 aromatic rings. The molecule has 1 saturated heterocycles. The maximum atomic E-state index is 6.47. The zero-order valence-corrected chi connectivity index (χ0v) is 18.4. The number of rotatable bonds is 4. The number of fused-ring (bicyclic) bond motifs is 1. The molecule has 0 radical (unpaired) electrons. The van der Waals surface area contributed by atoms with E-state index in [0.717, 1.165) is 59.6 Å². The summed E-state index contributed by atoms with van der Waals surface area (Å²) in [6, 6.07) is 16.3. The van der Waals surface area contributed by atoms with E-state index in [4.69, 9.17) is 16.3 Å². The summed E-state index contributed by atoms with van der Waals surface area (Å²) in [6.07, 6.45) is 1.79. The fourth-order valence-corrected chi connectivity index (χ4v) is 4.35. The zero-order valence-electron chi connectivity index (χ0n) is 17.6. The smallest absolute Gasteiger partial charge is 0.129 e. The van der Waals surface area contributed by atoms with Crippen LogP contribution >= 0.6 is 11.6 Å². The van der Waals surface area contributed by atoms with Gasteiger partial charge in [-0.15, -0.1) is 0 Å². The highest BCUT2D eigenvalue weighted by Crippen LogP contribution is 2.37. The molecule has 158 valence electrons. The van der Waals surface area contributed by atoms with Gasteiger partial charge in [-0.2, -0.15) is 5.10 Å². The van der Waals surface area contributed by atoms with Crippen LogP contribution in [0, 0.1) is 0 Å². The molecule has 0 atom stereocenters. The molecule has 1 aliphatic rings. The van der Waals surface area contributed by atoms with Gasteiger partial charge in [0.05, 0.1) is 35.1 Å². The summed E-state index contributed by atoms with van der Waals surface area (Å²) in [5.74, 6) is 0.695. The molecule has 0 aliphatic carbocycles. The van der Waals surface area contributed by atoms with Crippen molar-refractivity contribution in [2.24, 2.45) is 0 Å². The van der Waals surface area contributed by atoms with Crippen LogP contribution in [-0.4, -0.2) is 60.4 Å². The number of pyridine rings is 1. The number of anilines is 1. The third-order valence-corrected chi connectivity index (χ3v) is 6.22. The summed E-state index contributed by atoms with van der Waals surface area (Å²) in [4.78, 5) is 9.38. The first-order valence-corrected chi connectivity index (χ1v) is 10.7. The van der Waals surface area contributed by atoms with E-state index in [1.165, 1.54) is 5.69 Å².